The third-order valence-electron chi connectivity index (χ3n) is 4.37. The van der Waals surface area contributed by atoms with Crippen LogP contribution in [0.3, 0.4) is 0 Å². The SMILES string of the molecule is CCCN(CCC)C(=O)c1ccc(NC2CCCCCC2)nn1. The number of anilines is 1. The van der Waals surface area contributed by atoms with E-state index in [1.165, 1.54) is 38.5 Å². The van der Waals surface area contributed by atoms with Gasteiger partial charge in [0.05, 0.1) is 0 Å². The van der Waals surface area contributed by atoms with E-state index in [9.17, 15) is 4.79 Å². The van der Waals surface area contributed by atoms with Crippen molar-refractivity contribution in [2.75, 3.05) is 18.4 Å². The molecule has 1 aliphatic rings. The van der Waals surface area contributed by atoms with Crippen molar-refractivity contribution in [3.05, 3.63) is 17.8 Å². The Kier molecular flexibility index (Phi) is 7.30. The molecule has 0 spiro atoms. The van der Waals surface area contributed by atoms with E-state index >= 15 is 0 Å². The van der Waals surface area contributed by atoms with Gasteiger partial charge in [-0.15, -0.1) is 10.2 Å². The number of hydrogen-bond acceptors (Lipinski definition) is 4. The topological polar surface area (TPSA) is 58.1 Å². The fourth-order valence-corrected chi connectivity index (χ4v) is 3.17. The van der Waals surface area contributed by atoms with Gasteiger partial charge in [0.1, 0.15) is 5.82 Å². The van der Waals surface area contributed by atoms with E-state index in [0.29, 0.717) is 11.7 Å². The van der Waals surface area contributed by atoms with Gasteiger partial charge in [-0.05, 0) is 37.8 Å². The maximum Gasteiger partial charge on any atom is 0.274 e. The van der Waals surface area contributed by atoms with Gasteiger partial charge in [0.2, 0.25) is 0 Å². The summed E-state index contributed by atoms with van der Waals surface area (Å²) in [5.41, 5.74) is 0.443. The van der Waals surface area contributed by atoms with Crippen LogP contribution in [-0.2, 0) is 0 Å². The molecular weight excluding hydrogens is 288 g/mol. The molecule has 1 aromatic rings. The summed E-state index contributed by atoms with van der Waals surface area (Å²) in [6.45, 7) is 5.72. The molecular formula is C18H30N4O. The zero-order valence-electron chi connectivity index (χ0n) is 14.6. The van der Waals surface area contributed by atoms with Crippen molar-refractivity contribution in [3.8, 4) is 0 Å². The summed E-state index contributed by atoms with van der Waals surface area (Å²) in [7, 11) is 0. The van der Waals surface area contributed by atoms with Crippen molar-refractivity contribution >= 4 is 11.7 Å². The van der Waals surface area contributed by atoms with Gasteiger partial charge in [-0.2, -0.15) is 0 Å². The maximum atomic E-state index is 12.5. The molecule has 0 radical (unpaired) electrons. The average Bonchev–Trinajstić information content (AvgIpc) is 2.83. The van der Waals surface area contributed by atoms with Crippen molar-refractivity contribution in [2.24, 2.45) is 0 Å². The Morgan fingerprint density at radius 3 is 2.26 bits per heavy atom. The van der Waals surface area contributed by atoms with Crippen LogP contribution < -0.4 is 5.32 Å². The lowest BCUT2D eigenvalue weighted by Crippen LogP contribution is -2.33. The Morgan fingerprint density at radius 2 is 1.74 bits per heavy atom. The normalized spacial score (nSPS) is 15.9. The number of carbonyl (C=O) groups excluding carboxylic acids is 1. The minimum Gasteiger partial charge on any atom is -0.366 e. The van der Waals surface area contributed by atoms with E-state index in [2.05, 4.69) is 29.4 Å². The molecule has 0 aromatic carbocycles. The summed E-state index contributed by atoms with van der Waals surface area (Å²) >= 11 is 0. The Morgan fingerprint density at radius 1 is 1.09 bits per heavy atom. The molecule has 1 heterocycles. The molecule has 0 atom stereocenters. The molecule has 128 valence electrons. The van der Waals surface area contributed by atoms with Gasteiger partial charge in [-0.25, -0.2) is 0 Å². The molecule has 1 aromatic heterocycles. The van der Waals surface area contributed by atoms with E-state index in [4.69, 9.17) is 0 Å². The smallest absolute Gasteiger partial charge is 0.274 e. The van der Waals surface area contributed by atoms with Gasteiger partial charge in [-0.1, -0.05) is 39.5 Å². The minimum atomic E-state index is -0.0118. The van der Waals surface area contributed by atoms with Crippen LogP contribution >= 0.6 is 0 Å². The predicted molar refractivity (Wildman–Crippen MR) is 93.6 cm³/mol. The Hall–Kier alpha value is -1.65. The minimum absolute atomic E-state index is 0.0118. The number of nitrogens with one attached hydrogen (secondary N) is 1. The van der Waals surface area contributed by atoms with Gasteiger partial charge < -0.3 is 10.2 Å². The van der Waals surface area contributed by atoms with Crippen LogP contribution in [0, 0.1) is 0 Å². The number of carbonyl (C=O) groups is 1. The second kappa shape index (κ2) is 9.48. The number of amides is 1. The van der Waals surface area contributed by atoms with Crippen LogP contribution in [0.2, 0.25) is 0 Å². The summed E-state index contributed by atoms with van der Waals surface area (Å²) in [6.07, 6.45) is 9.55. The van der Waals surface area contributed by atoms with E-state index < -0.39 is 0 Å². The van der Waals surface area contributed by atoms with E-state index in [1.54, 1.807) is 6.07 Å². The Balaban J connectivity index is 1.96. The molecule has 1 saturated carbocycles. The first-order valence-electron chi connectivity index (χ1n) is 9.14. The summed E-state index contributed by atoms with van der Waals surface area (Å²) in [4.78, 5) is 14.3. The van der Waals surface area contributed by atoms with Crippen molar-refractivity contribution in [3.63, 3.8) is 0 Å². The lowest BCUT2D eigenvalue weighted by atomic mass is 10.1. The predicted octanol–water partition coefficient (Wildman–Crippen LogP) is 3.87. The summed E-state index contributed by atoms with van der Waals surface area (Å²) in [5, 5.41) is 11.8. The first-order valence-corrected chi connectivity index (χ1v) is 9.14. The molecule has 5 heteroatoms. The third-order valence-corrected chi connectivity index (χ3v) is 4.37. The Bertz CT molecular complexity index is 460. The molecule has 1 fully saturated rings. The second-order valence-corrected chi connectivity index (χ2v) is 6.43. The van der Waals surface area contributed by atoms with Crippen LogP contribution in [0.4, 0.5) is 5.82 Å². The highest BCUT2D eigenvalue weighted by atomic mass is 16.2. The monoisotopic (exact) mass is 318 g/mol. The van der Waals surface area contributed by atoms with E-state index in [-0.39, 0.29) is 5.91 Å². The summed E-state index contributed by atoms with van der Waals surface area (Å²) in [6, 6.07) is 4.18. The highest BCUT2D eigenvalue weighted by Gasteiger charge is 2.17. The zero-order valence-corrected chi connectivity index (χ0v) is 14.6. The zero-order chi connectivity index (χ0) is 16.5. The molecule has 0 saturated heterocycles. The van der Waals surface area contributed by atoms with Gasteiger partial charge in [0.15, 0.2) is 5.69 Å². The highest BCUT2D eigenvalue weighted by Crippen LogP contribution is 2.20. The van der Waals surface area contributed by atoms with Crippen LogP contribution in [0.15, 0.2) is 12.1 Å². The maximum absolute atomic E-state index is 12.5. The van der Waals surface area contributed by atoms with Crippen molar-refractivity contribution in [1.29, 1.82) is 0 Å². The van der Waals surface area contributed by atoms with Gasteiger partial charge >= 0.3 is 0 Å². The Labute approximate surface area is 139 Å². The molecule has 0 bridgehead atoms. The van der Waals surface area contributed by atoms with Crippen molar-refractivity contribution < 1.29 is 4.79 Å². The van der Waals surface area contributed by atoms with Crippen LogP contribution in [0.25, 0.3) is 0 Å². The van der Waals surface area contributed by atoms with E-state index in [1.807, 2.05) is 11.0 Å². The van der Waals surface area contributed by atoms with Crippen molar-refractivity contribution in [2.45, 2.75) is 71.3 Å². The van der Waals surface area contributed by atoms with Crippen molar-refractivity contribution in [1.82, 2.24) is 15.1 Å². The first kappa shape index (κ1) is 17.7. The van der Waals surface area contributed by atoms with Crippen LogP contribution in [0.1, 0.15) is 75.7 Å². The molecule has 5 nitrogen and oxygen atoms in total. The molecule has 2 rings (SSSR count). The standard InChI is InChI=1S/C18H30N4O/c1-3-13-22(14-4-2)18(23)16-11-12-17(21-20-16)19-15-9-7-5-6-8-10-15/h11-12,15H,3-10,13-14H2,1-2H3,(H,19,21). The second-order valence-electron chi connectivity index (χ2n) is 6.43. The quantitative estimate of drug-likeness (QED) is 0.775. The summed E-state index contributed by atoms with van der Waals surface area (Å²) < 4.78 is 0. The lowest BCUT2D eigenvalue weighted by molar-refractivity contribution is 0.0748. The van der Waals surface area contributed by atoms with Gasteiger partial charge in [-0.3, -0.25) is 4.79 Å². The van der Waals surface area contributed by atoms with E-state index in [0.717, 1.165) is 31.7 Å². The molecule has 0 aliphatic heterocycles. The number of nitrogens with zero attached hydrogens (tertiary/aromatic N) is 3. The molecule has 23 heavy (non-hydrogen) atoms. The average molecular weight is 318 g/mol. The van der Waals surface area contributed by atoms with Crippen LogP contribution in [0.5, 0.6) is 0 Å². The highest BCUT2D eigenvalue weighted by molar-refractivity contribution is 5.92. The van der Waals surface area contributed by atoms with Crippen LogP contribution in [-0.4, -0.2) is 40.1 Å². The van der Waals surface area contributed by atoms with Gasteiger partial charge in [0.25, 0.3) is 5.91 Å². The number of rotatable bonds is 7. The fourth-order valence-electron chi connectivity index (χ4n) is 3.17. The number of aromatic nitrogens is 2. The first-order chi connectivity index (χ1) is 11.2. The number of hydrogen-bond donors (Lipinski definition) is 1. The molecule has 1 amide bonds. The third kappa shape index (κ3) is 5.48. The largest absolute Gasteiger partial charge is 0.366 e. The molecule has 0 unspecified atom stereocenters. The molecule has 1 N–H and O–H groups in total. The molecule has 1 aliphatic carbocycles. The lowest BCUT2D eigenvalue weighted by Gasteiger charge is -2.21. The summed E-state index contributed by atoms with van der Waals surface area (Å²) in [5.74, 6) is 0.771. The fraction of sp³-hybridized carbons (Fsp3) is 0.722. The van der Waals surface area contributed by atoms with Gasteiger partial charge in [0, 0.05) is 19.1 Å².